The second-order valence-electron chi connectivity index (χ2n) is 7.59. The Morgan fingerprint density at radius 1 is 1.00 bits per heavy atom. The van der Waals surface area contributed by atoms with Crippen molar-refractivity contribution < 1.29 is 4.79 Å². The third-order valence-electron chi connectivity index (χ3n) is 6.05. The minimum atomic E-state index is 0.205. The van der Waals surface area contributed by atoms with Crippen molar-refractivity contribution in [2.24, 2.45) is 23.2 Å². The fourth-order valence-electron chi connectivity index (χ4n) is 5.51. The first-order chi connectivity index (χ1) is 10.1. The fourth-order valence-corrected chi connectivity index (χ4v) is 5.89. The average Bonchev–Trinajstić information content (AvgIpc) is 2.46. The van der Waals surface area contributed by atoms with Crippen LogP contribution in [0.3, 0.4) is 0 Å². The minimum Gasteiger partial charge on any atom is -0.294 e. The molecule has 4 aliphatic rings. The van der Waals surface area contributed by atoms with Crippen molar-refractivity contribution >= 4 is 22.9 Å². The fraction of sp³-hybridized carbons (Fsp3) is 0.579. The van der Waals surface area contributed by atoms with Crippen LogP contribution in [0.15, 0.2) is 30.3 Å². The summed E-state index contributed by atoms with van der Waals surface area (Å²) in [4.78, 5) is 13.5. The lowest BCUT2D eigenvalue weighted by atomic mass is 9.48. The highest BCUT2D eigenvalue weighted by Gasteiger charge is 2.52. The summed E-state index contributed by atoms with van der Waals surface area (Å²) in [6.45, 7) is 0. The van der Waals surface area contributed by atoms with Gasteiger partial charge in [0.15, 0.2) is 5.78 Å². The van der Waals surface area contributed by atoms with Crippen molar-refractivity contribution in [1.82, 2.24) is 0 Å². The SMILES string of the molecule is O=C(CC(=S)C12CC3CC(CC(C3)C1)C2)c1ccccc1. The van der Waals surface area contributed by atoms with Crippen molar-refractivity contribution in [1.29, 1.82) is 0 Å². The molecular weight excluding hydrogens is 276 g/mol. The molecule has 1 nitrogen and oxygen atoms in total. The van der Waals surface area contributed by atoms with Crippen LogP contribution in [0.4, 0.5) is 0 Å². The zero-order valence-corrected chi connectivity index (χ0v) is 13.2. The zero-order valence-electron chi connectivity index (χ0n) is 12.4. The zero-order chi connectivity index (χ0) is 14.4. The number of carbonyl (C=O) groups excluding carboxylic acids is 1. The molecule has 21 heavy (non-hydrogen) atoms. The van der Waals surface area contributed by atoms with Crippen LogP contribution >= 0.6 is 12.2 Å². The molecule has 4 aliphatic carbocycles. The lowest BCUT2D eigenvalue weighted by molar-refractivity contribution is -0.0118. The maximum Gasteiger partial charge on any atom is 0.167 e. The molecule has 0 saturated heterocycles. The summed E-state index contributed by atoms with van der Waals surface area (Å²) in [5, 5.41) is 0. The Labute approximate surface area is 132 Å². The molecule has 4 bridgehead atoms. The van der Waals surface area contributed by atoms with E-state index in [9.17, 15) is 4.79 Å². The molecule has 0 amide bonds. The Morgan fingerprint density at radius 3 is 2.05 bits per heavy atom. The number of benzene rings is 1. The van der Waals surface area contributed by atoms with Gasteiger partial charge < -0.3 is 0 Å². The van der Waals surface area contributed by atoms with Crippen LogP contribution in [0.2, 0.25) is 0 Å². The van der Waals surface area contributed by atoms with Gasteiger partial charge in [-0.3, -0.25) is 4.79 Å². The van der Waals surface area contributed by atoms with Gasteiger partial charge in [-0.25, -0.2) is 0 Å². The standard InChI is InChI=1S/C19H22OS/c20-17(16-4-2-1-3-5-16)9-18(21)19-10-13-6-14(11-19)8-15(7-13)12-19/h1-5,13-15H,6-12H2. The molecule has 0 spiro atoms. The van der Waals surface area contributed by atoms with E-state index in [4.69, 9.17) is 12.2 Å². The van der Waals surface area contributed by atoms with Gasteiger partial charge in [-0.15, -0.1) is 0 Å². The predicted molar refractivity (Wildman–Crippen MR) is 88.6 cm³/mol. The van der Waals surface area contributed by atoms with E-state index in [0.717, 1.165) is 28.2 Å². The Hall–Kier alpha value is -1.02. The van der Waals surface area contributed by atoms with Crippen molar-refractivity contribution in [2.45, 2.75) is 44.9 Å². The lowest BCUT2D eigenvalue weighted by Crippen LogP contribution is -2.49. The monoisotopic (exact) mass is 298 g/mol. The van der Waals surface area contributed by atoms with E-state index in [2.05, 4.69) is 0 Å². The molecule has 4 saturated carbocycles. The molecule has 0 N–H and O–H groups in total. The van der Waals surface area contributed by atoms with E-state index in [0.29, 0.717) is 6.42 Å². The van der Waals surface area contributed by atoms with Crippen LogP contribution < -0.4 is 0 Å². The van der Waals surface area contributed by atoms with Gasteiger partial charge in [0.25, 0.3) is 0 Å². The van der Waals surface area contributed by atoms with Crippen LogP contribution in [-0.4, -0.2) is 10.6 Å². The summed E-state index contributed by atoms with van der Waals surface area (Å²) in [6, 6.07) is 9.63. The molecule has 4 fully saturated rings. The third kappa shape index (κ3) is 2.38. The summed E-state index contributed by atoms with van der Waals surface area (Å²) in [7, 11) is 0. The maximum atomic E-state index is 12.5. The Kier molecular flexibility index (Phi) is 3.25. The first-order valence-electron chi connectivity index (χ1n) is 8.26. The van der Waals surface area contributed by atoms with Gasteiger partial charge in [-0.2, -0.15) is 0 Å². The molecule has 0 heterocycles. The van der Waals surface area contributed by atoms with Gasteiger partial charge >= 0.3 is 0 Å². The molecule has 0 aromatic heterocycles. The van der Waals surface area contributed by atoms with E-state index < -0.39 is 0 Å². The van der Waals surface area contributed by atoms with Gasteiger partial charge in [-0.05, 0) is 56.3 Å². The van der Waals surface area contributed by atoms with E-state index in [1.807, 2.05) is 30.3 Å². The molecule has 1 aromatic rings. The lowest BCUT2D eigenvalue weighted by Gasteiger charge is -2.57. The molecule has 0 radical (unpaired) electrons. The quantitative estimate of drug-likeness (QED) is 0.584. The molecular formula is C19H22OS. The molecule has 0 unspecified atom stereocenters. The van der Waals surface area contributed by atoms with Crippen molar-refractivity contribution in [2.75, 3.05) is 0 Å². The first-order valence-corrected chi connectivity index (χ1v) is 8.67. The minimum absolute atomic E-state index is 0.205. The van der Waals surface area contributed by atoms with Gasteiger partial charge in [0, 0.05) is 22.3 Å². The number of ketones is 1. The van der Waals surface area contributed by atoms with E-state index >= 15 is 0 Å². The highest BCUT2D eigenvalue weighted by molar-refractivity contribution is 7.80. The molecule has 5 rings (SSSR count). The largest absolute Gasteiger partial charge is 0.294 e. The van der Waals surface area contributed by atoms with Gasteiger partial charge in [-0.1, -0.05) is 42.5 Å². The Balaban J connectivity index is 1.51. The smallest absolute Gasteiger partial charge is 0.167 e. The predicted octanol–water partition coefficient (Wildman–Crippen LogP) is 4.85. The van der Waals surface area contributed by atoms with Gasteiger partial charge in [0.1, 0.15) is 0 Å². The van der Waals surface area contributed by atoms with Gasteiger partial charge in [0.2, 0.25) is 0 Å². The average molecular weight is 298 g/mol. The second kappa shape index (κ2) is 5.01. The number of hydrogen-bond acceptors (Lipinski definition) is 2. The van der Waals surface area contributed by atoms with Crippen molar-refractivity contribution in [3.8, 4) is 0 Å². The molecule has 0 atom stereocenters. The Bertz CT molecular complexity index is 539. The topological polar surface area (TPSA) is 17.1 Å². The van der Waals surface area contributed by atoms with E-state index in [-0.39, 0.29) is 11.2 Å². The number of rotatable bonds is 4. The first kappa shape index (κ1) is 13.6. The van der Waals surface area contributed by atoms with Crippen LogP contribution in [0.1, 0.15) is 55.3 Å². The number of carbonyl (C=O) groups is 1. The highest BCUT2D eigenvalue weighted by atomic mass is 32.1. The second-order valence-corrected chi connectivity index (χ2v) is 8.08. The summed E-state index contributed by atoms with van der Waals surface area (Å²) in [5.41, 5.74) is 1.04. The van der Waals surface area contributed by atoms with Crippen LogP contribution in [0.25, 0.3) is 0 Å². The van der Waals surface area contributed by atoms with Crippen LogP contribution in [0, 0.1) is 23.2 Å². The van der Waals surface area contributed by atoms with Gasteiger partial charge in [0.05, 0.1) is 0 Å². The van der Waals surface area contributed by atoms with Crippen molar-refractivity contribution in [3.63, 3.8) is 0 Å². The molecule has 110 valence electrons. The summed E-state index contributed by atoms with van der Waals surface area (Å²) >= 11 is 5.80. The summed E-state index contributed by atoms with van der Waals surface area (Å²) in [5.74, 6) is 2.87. The van der Waals surface area contributed by atoms with Crippen LogP contribution in [-0.2, 0) is 0 Å². The third-order valence-corrected chi connectivity index (χ3v) is 6.62. The highest BCUT2D eigenvalue weighted by Crippen LogP contribution is 2.60. The van der Waals surface area contributed by atoms with Crippen molar-refractivity contribution in [3.05, 3.63) is 35.9 Å². The molecule has 2 heteroatoms. The molecule has 0 aliphatic heterocycles. The summed E-state index contributed by atoms with van der Waals surface area (Å²) in [6.07, 6.45) is 8.54. The molecule has 1 aromatic carbocycles. The Morgan fingerprint density at radius 2 is 1.52 bits per heavy atom. The van der Waals surface area contributed by atoms with Crippen LogP contribution in [0.5, 0.6) is 0 Å². The number of Topliss-reactive ketones (excluding diaryl/α,β-unsaturated/α-hetero) is 1. The van der Waals surface area contributed by atoms with E-state index in [1.54, 1.807) is 0 Å². The number of thiocarbonyl (C=S) groups is 1. The summed E-state index contributed by atoms with van der Waals surface area (Å²) < 4.78 is 0. The normalized spacial score (nSPS) is 36.7. The number of hydrogen-bond donors (Lipinski definition) is 0. The maximum absolute atomic E-state index is 12.5. The van der Waals surface area contributed by atoms with E-state index in [1.165, 1.54) is 38.5 Å².